The number of nitrogens with one attached hydrogen (secondary N) is 1. The van der Waals surface area contributed by atoms with E-state index in [0.29, 0.717) is 24.5 Å². The Balaban J connectivity index is 1.70. The van der Waals surface area contributed by atoms with Crippen molar-refractivity contribution in [2.75, 3.05) is 29.9 Å². The van der Waals surface area contributed by atoms with E-state index in [1.807, 2.05) is 0 Å². The molecule has 1 aliphatic heterocycles. The molecule has 1 aliphatic rings. The molecule has 23 heavy (non-hydrogen) atoms. The number of rotatable bonds is 4. The van der Waals surface area contributed by atoms with Crippen LogP contribution in [-0.2, 0) is 4.74 Å². The number of thiazole rings is 1. The molecule has 0 bridgehead atoms. The normalized spacial score (nSPS) is 14.9. The summed E-state index contributed by atoms with van der Waals surface area (Å²) in [6.07, 6.45) is -4.66. The van der Waals surface area contributed by atoms with E-state index >= 15 is 0 Å². The molecule has 0 radical (unpaired) electrons. The lowest BCUT2D eigenvalue weighted by molar-refractivity contribution is -0.115. The van der Waals surface area contributed by atoms with E-state index in [1.165, 1.54) is 4.90 Å². The van der Waals surface area contributed by atoms with Crippen molar-refractivity contribution in [1.29, 1.82) is 0 Å². The smallest absolute Gasteiger partial charge is 0.414 e. The molecule has 1 fully saturated rings. The second kappa shape index (κ2) is 6.07. The number of hydrogen-bond acceptors (Lipinski definition) is 5. The van der Waals surface area contributed by atoms with Crippen molar-refractivity contribution in [2.45, 2.75) is 6.18 Å². The van der Waals surface area contributed by atoms with E-state index in [-0.39, 0.29) is 11.2 Å². The Morgan fingerprint density at radius 2 is 2.04 bits per heavy atom. The van der Waals surface area contributed by atoms with Crippen LogP contribution in [0.25, 0.3) is 11.3 Å². The van der Waals surface area contributed by atoms with Gasteiger partial charge in [-0.25, -0.2) is 9.78 Å². The molecule has 122 valence electrons. The monoisotopic (exact) mass is 343 g/mol. The molecule has 2 aromatic rings. The van der Waals surface area contributed by atoms with Gasteiger partial charge in [0.1, 0.15) is 13.2 Å². The predicted molar refractivity (Wildman–Crippen MR) is 80.8 cm³/mol. The number of carbonyl (C=O) groups is 1. The number of ether oxygens (including phenoxy) is 1. The van der Waals surface area contributed by atoms with E-state index in [2.05, 4.69) is 10.3 Å². The molecule has 1 aromatic heterocycles. The molecule has 3 rings (SSSR count). The van der Waals surface area contributed by atoms with Crippen LogP contribution in [0.2, 0.25) is 0 Å². The zero-order valence-corrected chi connectivity index (χ0v) is 12.6. The molecule has 2 heterocycles. The van der Waals surface area contributed by atoms with Gasteiger partial charge in [-0.2, -0.15) is 13.2 Å². The fraction of sp³-hybridized carbons (Fsp3) is 0.286. The minimum absolute atomic E-state index is 0.213. The fourth-order valence-corrected chi connectivity index (χ4v) is 2.82. The van der Waals surface area contributed by atoms with Crippen LogP contribution in [0, 0.1) is 0 Å². The second-order valence-corrected chi connectivity index (χ2v) is 5.68. The number of halogens is 3. The van der Waals surface area contributed by atoms with E-state index in [4.69, 9.17) is 4.74 Å². The van der Waals surface area contributed by atoms with E-state index in [9.17, 15) is 18.0 Å². The topological polar surface area (TPSA) is 54.5 Å². The Morgan fingerprint density at radius 1 is 1.30 bits per heavy atom. The standard InChI is InChI=1S/C14H12F3N3O2S/c15-14(16,17)8-18-12-19-11(7-23-12)9-1-3-10(4-2-9)20-5-6-22-13(20)21/h1-4,7H,5-6,8H2,(H,18,19). The highest BCUT2D eigenvalue weighted by Crippen LogP contribution is 2.28. The number of nitrogens with zero attached hydrogens (tertiary/aromatic N) is 2. The lowest BCUT2D eigenvalue weighted by Gasteiger charge is -2.12. The number of alkyl halides is 3. The summed E-state index contributed by atoms with van der Waals surface area (Å²) >= 11 is 1.11. The number of benzene rings is 1. The van der Waals surface area contributed by atoms with E-state index < -0.39 is 12.7 Å². The van der Waals surface area contributed by atoms with Crippen LogP contribution in [0.3, 0.4) is 0 Å². The third-order valence-electron chi connectivity index (χ3n) is 3.18. The Hall–Kier alpha value is -2.29. The summed E-state index contributed by atoms with van der Waals surface area (Å²) in [7, 11) is 0. The first-order chi connectivity index (χ1) is 10.9. The van der Waals surface area contributed by atoms with Crippen LogP contribution in [0.15, 0.2) is 29.6 Å². The van der Waals surface area contributed by atoms with Crippen LogP contribution < -0.4 is 10.2 Å². The van der Waals surface area contributed by atoms with Crippen LogP contribution in [-0.4, -0.2) is 36.9 Å². The molecule has 1 N–H and O–H groups in total. The first-order valence-corrected chi connectivity index (χ1v) is 7.61. The van der Waals surface area contributed by atoms with Gasteiger partial charge in [0.15, 0.2) is 5.13 Å². The number of carbonyl (C=O) groups excluding carboxylic acids is 1. The van der Waals surface area contributed by atoms with Crippen molar-refractivity contribution in [2.24, 2.45) is 0 Å². The van der Waals surface area contributed by atoms with Gasteiger partial charge >= 0.3 is 12.3 Å². The molecule has 0 spiro atoms. The highest BCUT2D eigenvalue weighted by molar-refractivity contribution is 7.14. The molecule has 5 nitrogen and oxygen atoms in total. The molecule has 0 unspecified atom stereocenters. The van der Waals surface area contributed by atoms with Gasteiger partial charge in [-0.1, -0.05) is 12.1 Å². The van der Waals surface area contributed by atoms with Crippen molar-refractivity contribution in [3.63, 3.8) is 0 Å². The third-order valence-corrected chi connectivity index (χ3v) is 3.98. The molecule has 0 saturated carbocycles. The molecule has 1 aromatic carbocycles. The summed E-state index contributed by atoms with van der Waals surface area (Å²) in [5.41, 5.74) is 2.05. The molecule has 1 amide bonds. The number of amides is 1. The van der Waals surface area contributed by atoms with Crippen molar-refractivity contribution in [1.82, 2.24) is 4.98 Å². The van der Waals surface area contributed by atoms with Gasteiger partial charge in [0, 0.05) is 16.6 Å². The molecule has 9 heteroatoms. The molecule has 0 atom stereocenters. The minimum Gasteiger partial charge on any atom is -0.447 e. The number of aromatic nitrogens is 1. The van der Waals surface area contributed by atoms with Crippen molar-refractivity contribution in [3.8, 4) is 11.3 Å². The summed E-state index contributed by atoms with van der Waals surface area (Å²) < 4.78 is 41.4. The Bertz CT molecular complexity index is 700. The molecular weight excluding hydrogens is 331 g/mol. The zero-order valence-electron chi connectivity index (χ0n) is 11.8. The second-order valence-electron chi connectivity index (χ2n) is 4.82. The Labute approximate surface area is 133 Å². The van der Waals surface area contributed by atoms with E-state index in [1.54, 1.807) is 29.6 Å². The minimum atomic E-state index is -4.28. The first kappa shape index (κ1) is 15.6. The van der Waals surface area contributed by atoms with Gasteiger partial charge in [0.25, 0.3) is 0 Å². The van der Waals surface area contributed by atoms with Gasteiger partial charge < -0.3 is 10.1 Å². The maximum absolute atomic E-state index is 12.2. The average Bonchev–Trinajstić information content (AvgIpc) is 3.13. The number of hydrogen-bond donors (Lipinski definition) is 1. The molecule has 1 saturated heterocycles. The van der Waals surface area contributed by atoms with Crippen molar-refractivity contribution >= 4 is 28.2 Å². The fourth-order valence-electron chi connectivity index (χ4n) is 2.10. The van der Waals surface area contributed by atoms with Crippen molar-refractivity contribution < 1.29 is 22.7 Å². The first-order valence-electron chi connectivity index (χ1n) is 6.73. The highest BCUT2D eigenvalue weighted by atomic mass is 32.1. The average molecular weight is 343 g/mol. The maximum Gasteiger partial charge on any atom is 0.414 e. The van der Waals surface area contributed by atoms with Gasteiger partial charge in [-0.3, -0.25) is 4.90 Å². The molecule has 0 aliphatic carbocycles. The summed E-state index contributed by atoms with van der Waals surface area (Å²) in [5, 5.41) is 4.14. The zero-order chi connectivity index (χ0) is 16.4. The van der Waals surface area contributed by atoms with Crippen LogP contribution in [0.5, 0.6) is 0 Å². The van der Waals surface area contributed by atoms with Gasteiger partial charge in [0.2, 0.25) is 0 Å². The lowest BCUT2D eigenvalue weighted by Crippen LogP contribution is -2.23. The number of anilines is 2. The Morgan fingerprint density at radius 3 is 2.65 bits per heavy atom. The van der Waals surface area contributed by atoms with Crippen molar-refractivity contribution in [3.05, 3.63) is 29.6 Å². The SMILES string of the molecule is O=C1OCCN1c1ccc(-c2csc(NCC(F)(F)F)n2)cc1. The summed E-state index contributed by atoms with van der Waals surface area (Å²) in [4.78, 5) is 17.1. The van der Waals surface area contributed by atoms with Crippen LogP contribution >= 0.6 is 11.3 Å². The largest absolute Gasteiger partial charge is 0.447 e. The van der Waals surface area contributed by atoms with Gasteiger partial charge in [-0.15, -0.1) is 11.3 Å². The number of cyclic esters (lactones) is 1. The van der Waals surface area contributed by atoms with Gasteiger partial charge in [-0.05, 0) is 12.1 Å². The van der Waals surface area contributed by atoms with Crippen LogP contribution in [0.1, 0.15) is 0 Å². The summed E-state index contributed by atoms with van der Waals surface area (Å²) in [6, 6.07) is 7.04. The van der Waals surface area contributed by atoms with Crippen LogP contribution in [0.4, 0.5) is 28.8 Å². The van der Waals surface area contributed by atoms with Gasteiger partial charge in [0.05, 0.1) is 12.2 Å². The Kier molecular flexibility index (Phi) is 4.12. The predicted octanol–water partition coefficient (Wildman–Crippen LogP) is 3.74. The molecular formula is C14H12F3N3O2S. The van der Waals surface area contributed by atoms with E-state index in [0.717, 1.165) is 16.9 Å². The third kappa shape index (κ3) is 3.73. The highest BCUT2D eigenvalue weighted by Gasteiger charge is 2.27. The maximum atomic E-state index is 12.2. The summed E-state index contributed by atoms with van der Waals surface area (Å²) in [6.45, 7) is -0.253. The quantitative estimate of drug-likeness (QED) is 0.919. The lowest BCUT2D eigenvalue weighted by atomic mass is 10.1. The summed E-state index contributed by atoms with van der Waals surface area (Å²) in [5.74, 6) is 0.